The second-order valence-electron chi connectivity index (χ2n) is 8.24. The Bertz CT molecular complexity index is 1270. The first-order valence-corrected chi connectivity index (χ1v) is 13.4. The molecule has 5 nitrogen and oxygen atoms in total. The highest BCUT2D eigenvalue weighted by molar-refractivity contribution is 6.39. The third-order valence-corrected chi connectivity index (χ3v) is 7.53. The molecule has 0 saturated carbocycles. The average molecular weight is 657 g/mol. The highest BCUT2D eigenvalue weighted by atomic mass is 35.5. The molecule has 1 N–H and O–H groups in total. The standard InChI is InChI=1S/C26H21Cl6N3O2.ClH/c27-18-7-4-16(5-8-18)25(37-14-17-6-9-19(28)12-22(17)31)26(32)35-11-10-34(15-35)13-23(36)33-24-20(29)2-1-3-21(24)30;/h1-12,25-26H,13-15H2,(H,33,36);1H. The van der Waals surface area contributed by atoms with Crippen LogP contribution in [0.2, 0.25) is 25.1 Å². The zero-order chi connectivity index (χ0) is 26.5. The van der Waals surface area contributed by atoms with Crippen LogP contribution in [0.3, 0.4) is 0 Å². The minimum Gasteiger partial charge on any atom is -0.365 e. The molecule has 12 heteroatoms. The van der Waals surface area contributed by atoms with Gasteiger partial charge in [0.05, 0.1) is 35.6 Å². The van der Waals surface area contributed by atoms with E-state index in [-0.39, 0.29) is 31.5 Å². The normalized spacial score (nSPS) is 14.3. The van der Waals surface area contributed by atoms with Crippen LogP contribution >= 0.6 is 82.0 Å². The van der Waals surface area contributed by atoms with Gasteiger partial charge in [-0.3, -0.25) is 4.79 Å². The van der Waals surface area contributed by atoms with Crippen molar-refractivity contribution in [2.45, 2.75) is 18.2 Å². The first-order valence-electron chi connectivity index (χ1n) is 11.1. The van der Waals surface area contributed by atoms with E-state index in [9.17, 15) is 4.79 Å². The third kappa shape index (κ3) is 8.00. The van der Waals surface area contributed by atoms with Crippen LogP contribution in [-0.4, -0.2) is 34.4 Å². The fourth-order valence-electron chi connectivity index (χ4n) is 3.71. The van der Waals surface area contributed by atoms with E-state index in [1.54, 1.807) is 48.7 Å². The second kappa shape index (κ2) is 14.2. The van der Waals surface area contributed by atoms with E-state index in [4.69, 9.17) is 74.3 Å². The van der Waals surface area contributed by atoms with Gasteiger partial charge in [-0.2, -0.15) is 0 Å². The molecule has 0 fully saturated rings. The number of ether oxygens (including phenoxy) is 1. The maximum absolute atomic E-state index is 12.6. The number of benzene rings is 3. The van der Waals surface area contributed by atoms with Crippen LogP contribution in [0.25, 0.3) is 0 Å². The van der Waals surface area contributed by atoms with Crippen molar-refractivity contribution >= 4 is 93.6 Å². The largest absolute Gasteiger partial charge is 0.365 e. The molecule has 0 spiro atoms. The molecule has 1 aliphatic rings. The van der Waals surface area contributed by atoms with E-state index in [1.807, 2.05) is 34.2 Å². The Morgan fingerprint density at radius 1 is 0.895 bits per heavy atom. The minimum atomic E-state index is -0.602. The van der Waals surface area contributed by atoms with Crippen LogP contribution in [0.5, 0.6) is 0 Å². The van der Waals surface area contributed by atoms with Crippen LogP contribution in [0, 0.1) is 0 Å². The zero-order valence-electron chi connectivity index (χ0n) is 19.6. The lowest BCUT2D eigenvalue weighted by Gasteiger charge is -2.31. The lowest BCUT2D eigenvalue weighted by atomic mass is 10.1. The van der Waals surface area contributed by atoms with E-state index in [2.05, 4.69) is 5.32 Å². The van der Waals surface area contributed by atoms with Gasteiger partial charge in [-0.15, -0.1) is 12.4 Å². The van der Waals surface area contributed by atoms with Crippen molar-refractivity contribution in [1.82, 2.24) is 9.80 Å². The first kappa shape index (κ1) is 31.0. The summed E-state index contributed by atoms with van der Waals surface area (Å²) in [5.41, 5.74) is 1.40. The van der Waals surface area contributed by atoms with Crippen molar-refractivity contribution < 1.29 is 9.53 Å². The molecule has 0 saturated heterocycles. The Kier molecular flexibility index (Phi) is 11.6. The molecular weight excluding hydrogens is 634 g/mol. The molecule has 0 radical (unpaired) electrons. The molecule has 2 atom stereocenters. The summed E-state index contributed by atoms with van der Waals surface area (Å²) in [6, 6.07) is 17.6. The molecule has 2 unspecified atom stereocenters. The van der Waals surface area contributed by atoms with Crippen LogP contribution in [0.4, 0.5) is 5.69 Å². The molecule has 202 valence electrons. The number of amides is 1. The van der Waals surface area contributed by atoms with Crippen molar-refractivity contribution in [1.29, 1.82) is 0 Å². The van der Waals surface area contributed by atoms with E-state index in [0.29, 0.717) is 37.5 Å². The SMILES string of the molecule is Cl.O=C(CN1C=CN(C(Cl)C(OCc2ccc(Cl)cc2Cl)c2ccc(Cl)cc2)C1)Nc1c(Cl)cccc1Cl. The van der Waals surface area contributed by atoms with Gasteiger partial charge in [-0.1, -0.05) is 93.9 Å². The number of hydrogen-bond acceptors (Lipinski definition) is 4. The number of nitrogens with one attached hydrogen (secondary N) is 1. The summed E-state index contributed by atoms with van der Waals surface area (Å²) >= 11 is 37.7. The lowest BCUT2D eigenvalue weighted by molar-refractivity contribution is -0.117. The number of carbonyl (C=O) groups excluding carboxylic acids is 1. The van der Waals surface area contributed by atoms with Crippen molar-refractivity contribution in [3.8, 4) is 0 Å². The lowest BCUT2D eigenvalue weighted by Crippen LogP contribution is -2.38. The molecule has 38 heavy (non-hydrogen) atoms. The van der Waals surface area contributed by atoms with Gasteiger partial charge in [0, 0.05) is 27.5 Å². The van der Waals surface area contributed by atoms with E-state index in [0.717, 1.165) is 11.1 Å². The van der Waals surface area contributed by atoms with Gasteiger partial charge in [0.2, 0.25) is 5.91 Å². The number of nitrogens with zero attached hydrogens (tertiary/aromatic N) is 2. The minimum absolute atomic E-state index is 0. The quantitative estimate of drug-likeness (QED) is 0.185. The molecule has 3 aromatic rings. The van der Waals surface area contributed by atoms with Gasteiger partial charge in [0.25, 0.3) is 0 Å². The van der Waals surface area contributed by atoms with Crippen LogP contribution in [0.15, 0.2) is 73.1 Å². The highest BCUT2D eigenvalue weighted by Crippen LogP contribution is 2.33. The number of anilines is 1. The number of carbonyl (C=O) groups is 1. The van der Waals surface area contributed by atoms with Gasteiger partial charge in [0.1, 0.15) is 11.6 Å². The summed E-state index contributed by atoms with van der Waals surface area (Å²) in [4.78, 5) is 16.3. The summed E-state index contributed by atoms with van der Waals surface area (Å²) in [7, 11) is 0. The predicted octanol–water partition coefficient (Wildman–Crippen LogP) is 8.88. The number of hydrogen-bond donors (Lipinski definition) is 1. The Labute approximate surface area is 257 Å². The molecule has 0 bridgehead atoms. The van der Waals surface area contributed by atoms with E-state index < -0.39 is 11.6 Å². The Morgan fingerprint density at radius 2 is 1.55 bits per heavy atom. The zero-order valence-corrected chi connectivity index (χ0v) is 24.9. The highest BCUT2D eigenvalue weighted by Gasteiger charge is 2.30. The molecule has 1 aliphatic heterocycles. The van der Waals surface area contributed by atoms with Gasteiger partial charge in [-0.05, 0) is 47.5 Å². The summed E-state index contributed by atoms with van der Waals surface area (Å²) < 4.78 is 6.27. The van der Waals surface area contributed by atoms with Crippen LogP contribution in [-0.2, 0) is 16.1 Å². The molecule has 0 aliphatic carbocycles. The average Bonchev–Trinajstić information content (AvgIpc) is 3.32. The molecule has 1 heterocycles. The van der Waals surface area contributed by atoms with Gasteiger partial charge in [-0.25, -0.2) is 0 Å². The first-order chi connectivity index (χ1) is 17.7. The summed E-state index contributed by atoms with van der Waals surface area (Å²) in [6.45, 7) is 0.660. The Morgan fingerprint density at radius 3 is 2.21 bits per heavy atom. The van der Waals surface area contributed by atoms with Gasteiger partial charge in [0.15, 0.2) is 0 Å². The molecule has 3 aromatic carbocycles. The van der Waals surface area contributed by atoms with Gasteiger partial charge < -0.3 is 19.9 Å². The number of halogens is 7. The predicted molar refractivity (Wildman–Crippen MR) is 160 cm³/mol. The van der Waals surface area contributed by atoms with Gasteiger partial charge >= 0.3 is 0 Å². The molecule has 0 aromatic heterocycles. The topological polar surface area (TPSA) is 44.8 Å². The smallest absolute Gasteiger partial charge is 0.244 e. The van der Waals surface area contributed by atoms with Crippen molar-refractivity contribution in [2.24, 2.45) is 0 Å². The maximum atomic E-state index is 12.6. The molecular formula is C26H22Cl7N3O2. The maximum Gasteiger partial charge on any atom is 0.244 e. The Hall–Kier alpha value is -1.54. The number of rotatable bonds is 9. The summed E-state index contributed by atoms with van der Waals surface area (Å²) in [6.07, 6.45) is 3.07. The Balaban J connectivity index is 0.00000400. The summed E-state index contributed by atoms with van der Waals surface area (Å²) in [5.74, 6) is -0.268. The van der Waals surface area contributed by atoms with Crippen molar-refractivity contribution in [3.05, 3.63) is 109 Å². The fraction of sp³-hybridized carbons (Fsp3) is 0.192. The fourth-order valence-corrected chi connectivity index (χ4v) is 5.13. The van der Waals surface area contributed by atoms with E-state index >= 15 is 0 Å². The van der Waals surface area contributed by atoms with Crippen molar-refractivity contribution in [3.63, 3.8) is 0 Å². The monoisotopic (exact) mass is 653 g/mol. The third-order valence-electron chi connectivity index (χ3n) is 5.59. The summed E-state index contributed by atoms with van der Waals surface area (Å²) in [5, 5.41) is 5.14. The second-order valence-corrected chi connectivity index (χ2v) is 10.8. The molecule has 4 rings (SSSR count). The number of alkyl halides is 1. The molecule has 1 amide bonds. The van der Waals surface area contributed by atoms with Crippen LogP contribution < -0.4 is 5.32 Å². The van der Waals surface area contributed by atoms with E-state index in [1.165, 1.54) is 0 Å². The number of para-hydroxylation sites is 1. The van der Waals surface area contributed by atoms with Crippen molar-refractivity contribution in [2.75, 3.05) is 18.5 Å². The van der Waals surface area contributed by atoms with Crippen LogP contribution in [0.1, 0.15) is 17.2 Å².